The van der Waals surface area contributed by atoms with Crippen molar-refractivity contribution in [1.29, 1.82) is 0 Å². The fourth-order valence-corrected chi connectivity index (χ4v) is 3.42. The number of hydrogen-bond acceptors (Lipinski definition) is 4. The highest BCUT2D eigenvalue weighted by Gasteiger charge is 2.17. The number of nitrogens with zero attached hydrogens (tertiary/aromatic N) is 4. The van der Waals surface area contributed by atoms with Crippen molar-refractivity contribution in [2.45, 2.75) is 20.5 Å². The van der Waals surface area contributed by atoms with Crippen molar-refractivity contribution in [1.82, 2.24) is 19.5 Å². The normalized spacial score (nSPS) is 11.1. The van der Waals surface area contributed by atoms with Crippen LogP contribution in [0.5, 0.6) is 0 Å². The van der Waals surface area contributed by atoms with Gasteiger partial charge in [-0.3, -0.25) is 4.79 Å². The molecule has 0 aliphatic heterocycles. The molecule has 8 heteroatoms. The SMILES string of the molecule is Cc1cc(C)n(-c2nc3ccccc3c(=O)n2OCc2ccc(Cl)cc2Cl)n1. The molecule has 0 aliphatic rings. The van der Waals surface area contributed by atoms with Gasteiger partial charge in [-0.1, -0.05) is 41.4 Å². The van der Waals surface area contributed by atoms with Crippen LogP contribution in [-0.2, 0) is 6.61 Å². The summed E-state index contributed by atoms with van der Waals surface area (Å²) in [4.78, 5) is 23.6. The number of halogens is 2. The van der Waals surface area contributed by atoms with E-state index in [1.165, 1.54) is 0 Å². The Morgan fingerprint density at radius 2 is 1.86 bits per heavy atom. The molecule has 0 saturated carbocycles. The summed E-state index contributed by atoms with van der Waals surface area (Å²) in [6.45, 7) is 3.84. The first-order valence-corrected chi connectivity index (χ1v) is 9.32. The van der Waals surface area contributed by atoms with Crippen LogP contribution in [0.25, 0.3) is 16.9 Å². The molecule has 0 amide bonds. The molecule has 0 aliphatic carbocycles. The zero-order chi connectivity index (χ0) is 19.8. The highest BCUT2D eigenvalue weighted by atomic mass is 35.5. The van der Waals surface area contributed by atoms with Gasteiger partial charge in [-0.15, -0.1) is 4.73 Å². The second-order valence-corrected chi connectivity index (χ2v) is 7.22. The molecule has 142 valence electrons. The lowest BCUT2D eigenvalue weighted by Crippen LogP contribution is -2.32. The number of aromatic nitrogens is 4. The van der Waals surface area contributed by atoms with Crippen molar-refractivity contribution in [3.8, 4) is 5.95 Å². The molecule has 0 saturated heterocycles. The van der Waals surface area contributed by atoms with Crippen molar-refractivity contribution in [3.63, 3.8) is 0 Å². The largest absolute Gasteiger partial charge is 0.402 e. The summed E-state index contributed by atoms with van der Waals surface area (Å²) in [5, 5.41) is 5.89. The monoisotopic (exact) mass is 414 g/mol. The second-order valence-electron chi connectivity index (χ2n) is 6.38. The van der Waals surface area contributed by atoms with Crippen LogP contribution in [0.4, 0.5) is 0 Å². The van der Waals surface area contributed by atoms with Crippen LogP contribution in [0.2, 0.25) is 10.0 Å². The topological polar surface area (TPSA) is 61.9 Å². The molecule has 0 spiro atoms. The molecule has 4 rings (SSSR count). The van der Waals surface area contributed by atoms with E-state index >= 15 is 0 Å². The molecule has 0 unspecified atom stereocenters. The maximum absolute atomic E-state index is 13.1. The summed E-state index contributed by atoms with van der Waals surface area (Å²) in [6.07, 6.45) is 0. The molecule has 6 nitrogen and oxygen atoms in total. The van der Waals surface area contributed by atoms with Gasteiger partial charge in [-0.05, 0) is 44.2 Å². The average Bonchev–Trinajstić information content (AvgIpc) is 3.00. The van der Waals surface area contributed by atoms with Crippen LogP contribution in [0.15, 0.2) is 53.3 Å². The summed E-state index contributed by atoms with van der Waals surface area (Å²) in [5.74, 6) is 0.277. The smallest absolute Gasteiger partial charge is 0.296 e. The van der Waals surface area contributed by atoms with E-state index in [0.717, 1.165) is 16.1 Å². The number of benzene rings is 2. The van der Waals surface area contributed by atoms with Gasteiger partial charge >= 0.3 is 0 Å². The minimum absolute atomic E-state index is 0.0717. The fraction of sp³-hybridized carbons (Fsp3) is 0.150. The van der Waals surface area contributed by atoms with Crippen molar-refractivity contribution in [2.24, 2.45) is 0 Å². The summed E-state index contributed by atoms with van der Waals surface area (Å²) < 4.78 is 2.75. The number of rotatable bonds is 4. The van der Waals surface area contributed by atoms with Gasteiger partial charge in [-0.2, -0.15) is 5.10 Å². The first kappa shape index (κ1) is 18.5. The van der Waals surface area contributed by atoms with Crippen LogP contribution >= 0.6 is 23.2 Å². The minimum atomic E-state index is -0.321. The Balaban J connectivity index is 1.85. The van der Waals surface area contributed by atoms with E-state index < -0.39 is 0 Å². The van der Waals surface area contributed by atoms with Crippen LogP contribution in [0.3, 0.4) is 0 Å². The lowest BCUT2D eigenvalue weighted by Gasteiger charge is -2.15. The quantitative estimate of drug-likeness (QED) is 0.503. The Morgan fingerprint density at radius 1 is 1.07 bits per heavy atom. The molecule has 2 heterocycles. The van der Waals surface area contributed by atoms with E-state index in [9.17, 15) is 4.79 Å². The van der Waals surface area contributed by atoms with Gasteiger partial charge in [-0.25, -0.2) is 9.67 Å². The van der Waals surface area contributed by atoms with Crippen LogP contribution in [0.1, 0.15) is 17.0 Å². The standard InChI is InChI=1S/C20H16Cl2N4O2/c1-12-9-13(2)25(24-12)20-23-18-6-4-3-5-16(18)19(27)26(20)28-11-14-7-8-15(21)10-17(14)22/h3-10H,11H2,1-2H3. The molecule has 28 heavy (non-hydrogen) atoms. The van der Waals surface area contributed by atoms with E-state index in [1.54, 1.807) is 41.1 Å². The Kier molecular flexibility index (Phi) is 4.83. The molecule has 0 radical (unpaired) electrons. The first-order valence-electron chi connectivity index (χ1n) is 8.56. The lowest BCUT2D eigenvalue weighted by molar-refractivity contribution is 0.0863. The highest BCUT2D eigenvalue weighted by Crippen LogP contribution is 2.21. The summed E-state index contributed by atoms with van der Waals surface area (Å²) in [7, 11) is 0. The lowest BCUT2D eigenvalue weighted by atomic mass is 10.2. The number of fused-ring (bicyclic) bond motifs is 1. The first-order chi connectivity index (χ1) is 13.4. The van der Waals surface area contributed by atoms with Crippen molar-refractivity contribution < 1.29 is 4.84 Å². The van der Waals surface area contributed by atoms with Crippen LogP contribution < -0.4 is 10.4 Å². The van der Waals surface area contributed by atoms with E-state index in [1.807, 2.05) is 26.0 Å². The van der Waals surface area contributed by atoms with E-state index in [-0.39, 0.29) is 18.1 Å². The zero-order valence-corrected chi connectivity index (χ0v) is 16.7. The molecule has 0 N–H and O–H groups in total. The van der Waals surface area contributed by atoms with Gasteiger partial charge in [0.25, 0.3) is 11.5 Å². The Labute approximate surface area is 170 Å². The Hall–Kier alpha value is -2.83. The van der Waals surface area contributed by atoms with Crippen molar-refractivity contribution in [2.75, 3.05) is 0 Å². The van der Waals surface area contributed by atoms with Crippen molar-refractivity contribution in [3.05, 3.63) is 85.9 Å². The second kappa shape index (κ2) is 7.30. The zero-order valence-electron chi connectivity index (χ0n) is 15.2. The van der Waals surface area contributed by atoms with Gasteiger partial charge in [0, 0.05) is 21.3 Å². The maximum Gasteiger partial charge on any atom is 0.296 e. The molecular weight excluding hydrogens is 399 g/mol. The van der Waals surface area contributed by atoms with Gasteiger partial charge in [0.1, 0.15) is 6.61 Å². The molecule has 0 fully saturated rings. The Bertz CT molecular complexity index is 1250. The minimum Gasteiger partial charge on any atom is -0.402 e. The Morgan fingerprint density at radius 3 is 2.57 bits per heavy atom. The van der Waals surface area contributed by atoms with E-state index in [2.05, 4.69) is 10.1 Å². The summed E-state index contributed by atoms with van der Waals surface area (Å²) >= 11 is 12.2. The third-order valence-corrected chi connectivity index (χ3v) is 4.87. The fourth-order valence-electron chi connectivity index (χ4n) is 2.96. The van der Waals surface area contributed by atoms with Gasteiger partial charge in [0.05, 0.1) is 16.6 Å². The number of hydrogen-bond donors (Lipinski definition) is 0. The average molecular weight is 415 g/mol. The van der Waals surface area contributed by atoms with Gasteiger partial charge in [0.15, 0.2) is 0 Å². The number of aryl methyl sites for hydroxylation is 2. The molecule has 0 atom stereocenters. The van der Waals surface area contributed by atoms with Crippen LogP contribution in [-0.4, -0.2) is 19.5 Å². The maximum atomic E-state index is 13.1. The summed E-state index contributed by atoms with van der Waals surface area (Å²) in [5.41, 5.74) is 2.59. The van der Waals surface area contributed by atoms with Gasteiger partial charge < -0.3 is 4.84 Å². The van der Waals surface area contributed by atoms with E-state index in [0.29, 0.717) is 26.5 Å². The van der Waals surface area contributed by atoms with E-state index in [4.69, 9.17) is 28.0 Å². The molecule has 2 aromatic carbocycles. The third kappa shape index (κ3) is 3.37. The molecule has 4 aromatic rings. The highest BCUT2D eigenvalue weighted by molar-refractivity contribution is 6.35. The molecule has 0 bridgehead atoms. The van der Waals surface area contributed by atoms with Crippen molar-refractivity contribution >= 4 is 34.1 Å². The molecular formula is C20H16Cl2N4O2. The van der Waals surface area contributed by atoms with Crippen LogP contribution in [0, 0.1) is 13.8 Å². The predicted molar refractivity (Wildman–Crippen MR) is 109 cm³/mol. The third-order valence-electron chi connectivity index (χ3n) is 4.28. The predicted octanol–water partition coefficient (Wildman–Crippen LogP) is 4.13. The summed E-state index contributed by atoms with van der Waals surface area (Å²) in [6, 6.07) is 14.1. The number of para-hydroxylation sites is 1. The van der Waals surface area contributed by atoms with Gasteiger partial charge in [0.2, 0.25) is 0 Å². The molecule has 2 aromatic heterocycles.